The molecule has 0 aliphatic rings. The van der Waals surface area contributed by atoms with Gasteiger partial charge in [-0.25, -0.2) is 9.97 Å². The highest BCUT2D eigenvalue weighted by Crippen LogP contribution is 2.23. The second kappa shape index (κ2) is 7.04. The van der Waals surface area contributed by atoms with E-state index in [0.717, 1.165) is 30.5 Å². The molecule has 2 aromatic rings. The van der Waals surface area contributed by atoms with Crippen LogP contribution in [0, 0.1) is 0 Å². The lowest BCUT2D eigenvalue weighted by atomic mass is 10.2. The summed E-state index contributed by atoms with van der Waals surface area (Å²) < 4.78 is 5.70. The fourth-order valence-electron chi connectivity index (χ4n) is 1.76. The average Bonchev–Trinajstić information content (AvgIpc) is 2.44. The van der Waals surface area contributed by atoms with Crippen molar-refractivity contribution < 1.29 is 4.74 Å². The van der Waals surface area contributed by atoms with Gasteiger partial charge in [0.25, 0.3) is 0 Å². The molecule has 2 aromatic heterocycles. The Kier molecular flexibility index (Phi) is 5.10. The van der Waals surface area contributed by atoms with Gasteiger partial charge in [-0.3, -0.25) is 4.98 Å². The number of rotatable bonds is 6. The summed E-state index contributed by atoms with van der Waals surface area (Å²) in [5, 5.41) is 0.477. The lowest BCUT2D eigenvalue weighted by Gasteiger charge is -2.10. The minimum atomic E-state index is 0.477. The Morgan fingerprint density at radius 3 is 2.79 bits per heavy atom. The first-order valence-electron chi connectivity index (χ1n) is 6.33. The molecule has 0 unspecified atom stereocenters. The maximum absolute atomic E-state index is 6.06. The zero-order valence-electron chi connectivity index (χ0n) is 10.8. The van der Waals surface area contributed by atoms with Crippen molar-refractivity contribution in [3.05, 3.63) is 47.1 Å². The third-order valence-corrected chi connectivity index (χ3v) is 3.00. The third-order valence-electron chi connectivity index (χ3n) is 2.68. The number of hydrogen-bond donors (Lipinski definition) is 0. The molecule has 0 radical (unpaired) electrons. The number of halogens is 1. The molecule has 0 aromatic carbocycles. The van der Waals surface area contributed by atoms with Crippen molar-refractivity contribution in [1.82, 2.24) is 15.0 Å². The Hall–Kier alpha value is -1.68. The van der Waals surface area contributed by atoms with Gasteiger partial charge >= 0.3 is 0 Å². The lowest BCUT2D eigenvalue weighted by molar-refractivity contribution is 0.304. The van der Waals surface area contributed by atoms with Gasteiger partial charge in [-0.05, 0) is 18.6 Å². The number of hydrogen-bond acceptors (Lipinski definition) is 4. The van der Waals surface area contributed by atoms with Crippen LogP contribution in [-0.4, -0.2) is 21.6 Å². The molecule has 0 spiro atoms. The van der Waals surface area contributed by atoms with Crippen molar-refractivity contribution in [3.8, 4) is 5.88 Å². The summed E-state index contributed by atoms with van der Waals surface area (Å²) in [6, 6.07) is 5.84. The van der Waals surface area contributed by atoms with Crippen LogP contribution in [0.4, 0.5) is 0 Å². The van der Waals surface area contributed by atoms with E-state index in [1.807, 2.05) is 18.2 Å². The highest BCUT2D eigenvalue weighted by atomic mass is 35.5. The molecular weight excluding hydrogens is 262 g/mol. The van der Waals surface area contributed by atoms with Gasteiger partial charge in [-0.1, -0.05) is 31.0 Å². The monoisotopic (exact) mass is 277 g/mol. The Balaban J connectivity index is 1.97. The van der Waals surface area contributed by atoms with Crippen molar-refractivity contribution in [1.29, 1.82) is 0 Å². The van der Waals surface area contributed by atoms with Gasteiger partial charge in [0.15, 0.2) is 0 Å². The molecule has 0 amide bonds. The van der Waals surface area contributed by atoms with Crippen LogP contribution in [0.3, 0.4) is 0 Å². The average molecular weight is 278 g/mol. The first-order chi connectivity index (χ1) is 9.31. The van der Waals surface area contributed by atoms with E-state index in [9.17, 15) is 0 Å². The van der Waals surface area contributed by atoms with E-state index in [-0.39, 0.29) is 0 Å². The van der Waals surface area contributed by atoms with Gasteiger partial charge in [0.1, 0.15) is 11.5 Å². The van der Waals surface area contributed by atoms with E-state index < -0.39 is 0 Å². The Morgan fingerprint density at radius 2 is 2.05 bits per heavy atom. The minimum Gasteiger partial charge on any atom is -0.477 e. The number of aromatic nitrogens is 3. The highest BCUT2D eigenvalue weighted by molar-refractivity contribution is 6.30. The minimum absolute atomic E-state index is 0.477. The van der Waals surface area contributed by atoms with Gasteiger partial charge in [0, 0.05) is 18.3 Å². The molecule has 100 valence electrons. The zero-order valence-corrected chi connectivity index (χ0v) is 11.6. The van der Waals surface area contributed by atoms with Crippen molar-refractivity contribution >= 4 is 11.6 Å². The first kappa shape index (κ1) is 13.7. The van der Waals surface area contributed by atoms with Gasteiger partial charge in [-0.15, -0.1) is 0 Å². The molecule has 0 N–H and O–H groups in total. The molecule has 5 heteroatoms. The second-order valence-corrected chi connectivity index (χ2v) is 4.48. The van der Waals surface area contributed by atoms with Crippen LogP contribution in [0.1, 0.15) is 24.6 Å². The number of ether oxygens (including phenoxy) is 1. The molecule has 0 atom stereocenters. The van der Waals surface area contributed by atoms with E-state index in [4.69, 9.17) is 16.3 Å². The predicted molar refractivity (Wildman–Crippen MR) is 74.5 cm³/mol. The van der Waals surface area contributed by atoms with Crippen LogP contribution in [0.25, 0.3) is 0 Å². The maximum atomic E-state index is 6.06. The standard InChI is InChI=1S/C14H16ClN3O/c1-2-5-12-13(15)17-10-18-14(12)19-9-7-11-6-3-4-8-16-11/h3-4,6,8,10H,2,5,7,9H2,1H3. The molecule has 19 heavy (non-hydrogen) atoms. The normalized spacial score (nSPS) is 10.4. The summed E-state index contributed by atoms with van der Waals surface area (Å²) >= 11 is 6.06. The summed E-state index contributed by atoms with van der Waals surface area (Å²) in [6.07, 6.45) is 5.74. The smallest absolute Gasteiger partial charge is 0.221 e. The first-order valence-corrected chi connectivity index (χ1v) is 6.71. The Labute approximate surface area is 117 Å². The molecule has 0 aliphatic carbocycles. The van der Waals surface area contributed by atoms with Crippen LogP contribution in [0.5, 0.6) is 5.88 Å². The van der Waals surface area contributed by atoms with Crippen LogP contribution in [-0.2, 0) is 12.8 Å². The van der Waals surface area contributed by atoms with Gasteiger partial charge in [0.2, 0.25) is 5.88 Å². The molecule has 2 heterocycles. The van der Waals surface area contributed by atoms with Crippen molar-refractivity contribution in [3.63, 3.8) is 0 Å². The van der Waals surface area contributed by atoms with Crippen LogP contribution < -0.4 is 4.74 Å². The summed E-state index contributed by atoms with van der Waals surface area (Å²) in [6.45, 7) is 2.61. The molecule has 0 aliphatic heterocycles. The molecule has 2 rings (SSSR count). The van der Waals surface area contributed by atoms with E-state index in [2.05, 4.69) is 21.9 Å². The van der Waals surface area contributed by atoms with Gasteiger partial charge in [-0.2, -0.15) is 0 Å². The van der Waals surface area contributed by atoms with Crippen LogP contribution in [0.15, 0.2) is 30.7 Å². The van der Waals surface area contributed by atoms with Crippen LogP contribution in [0.2, 0.25) is 5.15 Å². The van der Waals surface area contributed by atoms with E-state index in [1.165, 1.54) is 6.33 Å². The zero-order chi connectivity index (χ0) is 13.5. The Bertz CT molecular complexity index is 519. The molecule has 4 nitrogen and oxygen atoms in total. The predicted octanol–water partition coefficient (Wildman–Crippen LogP) is 3.10. The van der Waals surface area contributed by atoms with E-state index in [1.54, 1.807) is 6.20 Å². The molecule has 0 saturated carbocycles. The summed E-state index contributed by atoms with van der Waals surface area (Å²) in [5.41, 5.74) is 1.88. The van der Waals surface area contributed by atoms with E-state index in [0.29, 0.717) is 17.6 Å². The summed E-state index contributed by atoms with van der Waals surface area (Å²) in [5.74, 6) is 0.581. The topological polar surface area (TPSA) is 47.9 Å². The van der Waals surface area contributed by atoms with Crippen molar-refractivity contribution in [2.24, 2.45) is 0 Å². The van der Waals surface area contributed by atoms with Gasteiger partial charge < -0.3 is 4.74 Å². The van der Waals surface area contributed by atoms with Crippen molar-refractivity contribution in [2.45, 2.75) is 26.2 Å². The molecule has 0 fully saturated rings. The molecule has 0 saturated heterocycles. The Morgan fingerprint density at radius 1 is 1.16 bits per heavy atom. The summed E-state index contributed by atoms with van der Waals surface area (Å²) in [7, 11) is 0. The van der Waals surface area contributed by atoms with E-state index >= 15 is 0 Å². The number of nitrogens with zero attached hydrogens (tertiary/aromatic N) is 3. The van der Waals surface area contributed by atoms with Crippen LogP contribution >= 0.6 is 11.6 Å². The summed E-state index contributed by atoms with van der Waals surface area (Å²) in [4.78, 5) is 12.4. The van der Waals surface area contributed by atoms with Crippen molar-refractivity contribution in [2.75, 3.05) is 6.61 Å². The number of pyridine rings is 1. The fraction of sp³-hybridized carbons (Fsp3) is 0.357. The second-order valence-electron chi connectivity index (χ2n) is 4.12. The SMILES string of the molecule is CCCc1c(Cl)ncnc1OCCc1ccccn1. The molecule has 0 bridgehead atoms. The quantitative estimate of drug-likeness (QED) is 0.761. The fourth-order valence-corrected chi connectivity index (χ4v) is 1.98. The molecular formula is C14H16ClN3O. The van der Waals surface area contributed by atoms with Gasteiger partial charge in [0.05, 0.1) is 12.2 Å². The lowest BCUT2D eigenvalue weighted by Crippen LogP contribution is -2.07. The highest BCUT2D eigenvalue weighted by Gasteiger charge is 2.10. The largest absolute Gasteiger partial charge is 0.477 e. The maximum Gasteiger partial charge on any atom is 0.221 e. The third kappa shape index (κ3) is 3.89.